The van der Waals surface area contributed by atoms with Crippen LogP contribution in [0.25, 0.3) is 0 Å². The van der Waals surface area contributed by atoms with Crippen molar-refractivity contribution >= 4 is 11.6 Å². The zero-order valence-electron chi connectivity index (χ0n) is 13.7. The summed E-state index contributed by atoms with van der Waals surface area (Å²) in [7, 11) is 1.65. The Morgan fingerprint density at radius 2 is 1.92 bits per heavy atom. The Morgan fingerprint density at radius 1 is 1.16 bits per heavy atom. The second-order valence-corrected chi connectivity index (χ2v) is 5.35. The fourth-order valence-corrected chi connectivity index (χ4v) is 2.47. The lowest BCUT2D eigenvalue weighted by Crippen LogP contribution is -2.36. The molecule has 2 aromatic carbocycles. The fourth-order valence-electron chi connectivity index (χ4n) is 2.47. The average Bonchev–Trinajstić information content (AvgIpc) is 3.10. The number of benzene rings is 2. The number of guanidine groups is 1. The van der Waals surface area contributed by atoms with Crippen molar-refractivity contribution in [3.05, 3.63) is 63.7 Å². The third kappa shape index (κ3) is 3.97. The lowest BCUT2D eigenvalue weighted by molar-refractivity contribution is -0.385. The van der Waals surface area contributed by atoms with Gasteiger partial charge in [0.15, 0.2) is 17.5 Å². The van der Waals surface area contributed by atoms with Gasteiger partial charge < -0.3 is 20.1 Å². The summed E-state index contributed by atoms with van der Waals surface area (Å²) in [5.74, 6) is 2.01. The molecule has 1 aliphatic heterocycles. The van der Waals surface area contributed by atoms with Crippen molar-refractivity contribution in [2.75, 3.05) is 13.8 Å². The predicted molar refractivity (Wildman–Crippen MR) is 92.7 cm³/mol. The minimum atomic E-state index is -0.389. The molecule has 0 unspecified atom stereocenters. The Bertz CT molecular complexity index is 807. The summed E-state index contributed by atoms with van der Waals surface area (Å²) in [4.78, 5) is 14.8. The van der Waals surface area contributed by atoms with E-state index in [4.69, 9.17) is 9.47 Å². The molecule has 0 radical (unpaired) electrons. The molecule has 0 fully saturated rings. The Hall–Kier alpha value is -3.29. The molecule has 0 saturated heterocycles. The highest BCUT2D eigenvalue weighted by molar-refractivity contribution is 5.79. The van der Waals surface area contributed by atoms with Crippen LogP contribution in [0.4, 0.5) is 5.69 Å². The van der Waals surface area contributed by atoms with Crippen LogP contribution in [0.1, 0.15) is 11.1 Å². The van der Waals surface area contributed by atoms with E-state index in [0.717, 1.165) is 17.1 Å². The summed E-state index contributed by atoms with van der Waals surface area (Å²) < 4.78 is 10.6. The molecule has 8 nitrogen and oxygen atoms in total. The van der Waals surface area contributed by atoms with Gasteiger partial charge in [0, 0.05) is 31.8 Å². The van der Waals surface area contributed by atoms with E-state index in [9.17, 15) is 10.1 Å². The third-order valence-corrected chi connectivity index (χ3v) is 3.76. The molecule has 2 N–H and O–H groups in total. The number of nitro benzene ring substituents is 1. The monoisotopic (exact) mass is 342 g/mol. The highest BCUT2D eigenvalue weighted by atomic mass is 16.7. The lowest BCUT2D eigenvalue weighted by Gasteiger charge is -2.12. The smallest absolute Gasteiger partial charge is 0.274 e. The van der Waals surface area contributed by atoms with E-state index < -0.39 is 0 Å². The van der Waals surface area contributed by atoms with Crippen molar-refractivity contribution in [1.82, 2.24) is 10.6 Å². The van der Waals surface area contributed by atoms with Crippen LogP contribution < -0.4 is 20.1 Å². The van der Waals surface area contributed by atoms with Gasteiger partial charge in [0.2, 0.25) is 6.79 Å². The minimum Gasteiger partial charge on any atom is -0.454 e. The van der Waals surface area contributed by atoms with Gasteiger partial charge in [-0.1, -0.05) is 24.3 Å². The van der Waals surface area contributed by atoms with Crippen molar-refractivity contribution in [2.45, 2.75) is 13.1 Å². The molecule has 130 valence electrons. The minimum absolute atomic E-state index is 0.0845. The van der Waals surface area contributed by atoms with Crippen molar-refractivity contribution in [1.29, 1.82) is 0 Å². The van der Waals surface area contributed by atoms with E-state index in [1.54, 1.807) is 25.2 Å². The number of para-hydroxylation sites is 1. The number of ether oxygens (including phenoxy) is 2. The molecular formula is C17H18N4O4. The van der Waals surface area contributed by atoms with Crippen LogP contribution >= 0.6 is 0 Å². The summed E-state index contributed by atoms with van der Waals surface area (Å²) in [6.45, 7) is 1.08. The summed E-state index contributed by atoms with van der Waals surface area (Å²) >= 11 is 0. The van der Waals surface area contributed by atoms with Gasteiger partial charge in [-0.05, 0) is 17.7 Å². The van der Waals surface area contributed by atoms with Gasteiger partial charge in [-0.25, -0.2) is 0 Å². The van der Waals surface area contributed by atoms with E-state index in [1.807, 2.05) is 18.2 Å². The first-order chi connectivity index (χ1) is 12.2. The molecule has 8 heteroatoms. The van der Waals surface area contributed by atoms with Gasteiger partial charge in [0.25, 0.3) is 5.69 Å². The molecule has 1 aliphatic rings. The van der Waals surface area contributed by atoms with Crippen molar-refractivity contribution in [2.24, 2.45) is 4.99 Å². The van der Waals surface area contributed by atoms with Crippen LogP contribution in [0.2, 0.25) is 0 Å². The van der Waals surface area contributed by atoms with Crippen LogP contribution in [0.5, 0.6) is 11.5 Å². The van der Waals surface area contributed by atoms with E-state index in [0.29, 0.717) is 24.6 Å². The Balaban J connectivity index is 1.58. The van der Waals surface area contributed by atoms with Gasteiger partial charge in [-0.3, -0.25) is 15.1 Å². The maximum Gasteiger partial charge on any atom is 0.274 e. The number of rotatable bonds is 5. The Kier molecular flexibility index (Phi) is 4.98. The molecule has 0 amide bonds. The van der Waals surface area contributed by atoms with Crippen LogP contribution in [0.15, 0.2) is 47.5 Å². The summed E-state index contributed by atoms with van der Waals surface area (Å²) in [5, 5.41) is 17.3. The second-order valence-electron chi connectivity index (χ2n) is 5.35. The molecule has 0 aromatic heterocycles. The number of nitrogens with one attached hydrogen (secondary N) is 2. The van der Waals surface area contributed by atoms with Crippen LogP contribution in [-0.2, 0) is 13.1 Å². The molecule has 0 bridgehead atoms. The number of hydrogen-bond acceptors (Lipinski definition) is 5. The first kappa shape index (κ1) is 16.6. The molecule has 0 saturated carbocycles. The first-order valence-corrected chi connectivity index (χ1v) is 7.72. The lowest BCUT2D eigenvalue weighted by atomic mass is 10.2. The molecule has 1 heterocycles. The largest absolute Gasteiger partial charge is 0.454 e. The van der Waals surface area contributed by atoms with E-state index in [-0.39, 0.29) is 17.4 Å². The van der Waals surface area contributed by atoms with Crippen LogP contribution in [-0.4, -0.2) is 24.7 Å². The topological polar surface area (TPSA) is 98.0 Å². The third-order valence-electron chi connectivity index (χ3n) is 3.76. The first-order valence-electron chi connectivity index (χ1n) is 7.72. The van der Waals surface area contributed by atoms with E-state index in [1.165, 1.54) is 6.07 Å². The molecule has 0 atom stereocenters. The van der Waals surface area contributed by atoms with Gasteiger partial charge in [0.05, 0.1) is 4.92 Å². The standard InChI is InChI=1S/C17H18N4O4/c1-18-17(20-10-13-4-2-3-5-14(13)21(22)23)19-9-12-6-7-15-16(8-12)25-11-24-15/h2-8H,9-11H2,1H3,(H2,18,19,20). The molecule has 0 aliphatic carbocycles. The summed E-state index contributed by atoms with van der Waals surface area (Å²) in [5.41, 5.74) is 1.69. The van der Waals surface area contributed by atoms with Crippen molar-refractivity contribution in [3.63, 3.8) is 0 Å². The van der Waals surface area contributed by atoms with Gasteiger partial charge >= 0.3 is 0 Å². The van der Waals surface area contributed by atoms with E-state index >= 15 is 0 Å². The normalized spacial score (nSPS) is 12.8. The molecule has 25 heavy (non-hydrogen) atoms. The SMILES string of the molecule is CN=C(NCc1ccc2c(c1)OCO2)NCc1ccccc1[N+](=O)[O-]. The summed E-state index contributed by atoms with van der Waals surface area (Å²) in [6.07, 6.45) is 0. The van der Waals surface area contributed by atoms with Gasteiger partial charge in [0.1, 0.15) is 0 Å². The average molecular weight is 342 g/mol. The molecule has 0 spiro atoms. The quantitative estimate of drug-likeness (QED) is 0.374. The second kappa shape index (κ2) is 7.52. The van der Waals surface area contributed by atoms with Gasteiger partial charge in [-0.2, -0.15) is 0 Å². The highest BCUT2D eigenvalue weighted by Gasteiger charge is 2.14. The zero-order chi connectivity index (χ0) is 17.6. The Labute approximate surface area is 144 Å². The molecule has 3 rings (SSSR count). The zero-order valence-corrected chi connectivity index (χ0v) is 13.7. The maximum atomic E-state index is 11.0. The Morgan fingerprint density at radius 3 is 2.72 bits per heavy atom. The van der Waals surface area contributed by atoms with Crippen LogP contribution in [0, 0.1) is 10.1 Å². The number of nitrogens with zero attached hydrogens (tertiary/aromatic N) is 2. The summed E-state index contributed by atoms with van der Waals surface area (Å²) in [6, 6.07) is 12.3. The molecule has 2 aromatic rings. The number of fused-ring (bicyclic) bond motifs is 1. The predicted octanol–water partition coefficient (Wildman–Crippen LogP) is 2.19. The van der Waals surface area contributed by atoms with Crippen molar-refractivity contribution < 1.29 is 14.4 Å². The number of hydrogen-bond donors (Lipinski definition) is 2. The maximum absolute atomic E-state index is 11.0. The number of aliphatic imine (C=N–C) groups is 1. The highest BCUT2D eigenvalue weighted by Crippen LogP contribution is 2.32. The van der Waals surface area contributed by atoms with Gasteiger partial charge in [-0.15, -0.1) is 0 Å². The van der Waals surface area contributed by atoms with E-state index in [2.05, 4.69) is 15.6 Å². The fraction of sp³-hybridized carbons (Fsp3) is 0.235. The number of nitro groups is 1. The van der Waals surface area contributed by atoms with Crippen LogP contribution in [0.3, 0.4) is 0 Å². The van der Waals surface area contributed by atoms with Crippen molar-refractivity contribution in [3.8, 4) is 11.5 Å². The molecular weight excluding hydrogens is 324 g/mol.